The summed E-state index contributed by atoms with van der Waals surface area (Å²) in [6, 6.07) is 0.437. The van der Waals surface area contributed by atoms with E-state index in [2.05, 4.69) is 31.0 Å². The highest BCUT2D eigenvalue weighted by atomic mass is 16.2. The van der Waals surface area contributed by atoms with Crippen LogP contribution in [0.5, 0.6) is 0 Å². The van der Waals surface area contributed by atoms with E-state index in [1.165, 1.54) is 12.8 Å². The molecule has 1 N–H and O–H groups in total. The van der Waals surface area contributed by atoms with E-state index in [1.807, 2.05) is 0 Å². The summed E-state index contributed by atoms with van der Waals surface area (Å²) in [5, 5.41) is 3.58. The molecule has 0 aromatic rings. The van der Waals surface area contributed by atoms with E-state index < -0.39 is 0 Å². The fraction of sp³-hybridized carbons (Fsp3) is 0.923. The molecule has 3 aliphatic rings. The van der Waals surface area contributed by atoms with E-state index in [-0.39, 0.29) is 11.7 Å². The molecule has 2 aliphatic carbocycles. The second kappa shape index (κ2) is 3.22. The molecule has 2 unspecified atom stereocenters. The van der Waals surface area contributed by atoms with Gasteiger partial charge in [0.25, 0.3) is 0 Å². The van der Waals surface area contributed by atoms with E-state index in [0.717, 1.165) is 18.8 Å². The molecule has 0 radical (unpaired) electrons. The quantitative estimate of drug-likeness (QED) is 0.788. The first-order valence-electron chi connectivity index (χ1n) is 6.66. The van der Waals surface area contributed by atoms with Gasteiger partial charge in [0.05, 0.1) is 11.7 Å². The van der Waals surface area contributed by atoms with E-state index >= 15 is 0 Å². The van der Waals surface area contributed by atoms with Gasteiger partial charge in [-0.1, -0.05) is 13.8 Å². The molecular weight excluding hydrogens is 200 g/mol. The topological polar surface area (TPSA) is 32.3 Å². The highest BCUT2D eigenvalue weighted by molar-refractivity contribution is 5.92. The zero-order chi connectivity index (χ0) is 11.5. The highest BCUT2D eigenvalue weighted by Gasteiger charge is 2.61. The Kier molecular flexibility index (Phi) is 2.13. The summed E-state index contributed by atoms with van der Waals surface area (Å²) in [6.45, 7) is 6.64. The number of amides is 1. The summed E-state index contributed by atoms with van der Waals surface area (Å²) in [5.74, 6) is 1.65. The molecule has 1 saturated heterocycles. The maximum Gasteiger partial charge on any atom is 0.244 e. The van der Waals surface area contributed by atoms with Crippen LogP contribution in [0.25, 0.3) is 0 Å². The fourth-order valence-electron chi connectivity index (χ4n) is 3.00. The molecule has 0 bridgehead atoms. The van der Waals surface area contributed by atoms with Gasteiger partial charge in [0, 0.05) is 6.04 Å². The molecular formula is C13H22N2O. The molecule has 3 nitrogen and oxygen atoms in total. The van der Waals surface area contributed by atoms with E-state index in [1.54, 1.807) is 0 Å². The predicted octanol–water partition coefficient (Wildman–Crippen LogP) is 1.73. The lowest BCUT2D eigenvalue weighted by molar-refractivity contribution is -0.133. The first-order valence-corrected chi connectivity index (χ1v) is 6.66. The predicted molar refractivity (Wildman–Crippen MR) is 62.8 cm³/mol. The lowest BCUT2D eigenvalue weighted by atomic mass is 10.1. The van der Waals surface area contributed by atoms with Crippen LogP contribution in [-0.2, 0) is 4.79 Å². The Bertz CT molecular complexity index is 318. The van der Waals surface area contributed by atoms with Gasteiger partial charge in [-0.25, -0.2) is 0 Å². The lowest BCUT2D eigenvalue weighted by Gasteiger charge is -2.32. The summed E-state index contributed by atoms with van der Waals surface area (Å²) in [6.07, 6.45) is 4.97. The van der Waals surface area contributed by atoms with Crippen LogP contribution < -0.4 is 5.32 Å². The van der Waals surface area contributed by atoms with Crippen LogP contribution in [0.3, 0.4) is 0 Å². The zero-order valence-electron chi connectivity index (χ0n) is 10.5. The van der Waals surface area contributed by atoms with Crippen LogP contribution >= 0.6 is 0 Å². The van der Waals surface area contributed by atoms with Crippen LogP contribution in [0.2, 0.25) is 0 Å². The van der Waals surface area contributed by atoms with Crippen LogP contribution in [-0.4, -0.2) is 28.6 Å². The molecule has 0 aromatic carbocycles. The van der Waals surface area contributed by atoms with Gasteiger partial charge in [-0.15, -0.1) is 0 Å². The largest absolute Gasteiger partial charge is 0.322 e. The van der Waals surface area contributed by atoms with Gasteiger partial charge in [-0.2, -0.15) is 0 Å². The average molecular weight is 222 g/mol. The van der Waals surface area contributed by atoms with Crippen molar-refractivity contribution in [2.75, 3.05) is 0 Å². The lowest BCUT2D eigenvalue weighted by Crippen LogP contribution is -2.47. The standard InChI is InChI=1S/C13H22N2O/c1-8(2)11-14-13(6-7-13)12(16)15(11)9(3)10-4-5-10/h8-11,14H,4-7H2,1-3H3. The van der Waals surface area contributed by atoms with Crippen LogP contribution in [0.1, 0.15) is 46.5 Å². The molecule has 1 amide bonds. The Morgan fingerprint density at radius 1 is 1.31 bits per heavy atom. The number of carbonyl (C=O) groups is 1. The third-order valence-electron chi connectivity index (χ3n) is 4.49. The molecule has 3 heteroatoms. The maximum atomic E-state index is 12.4. The third kappa shape index (κ3) is 1.41. The second-order valence-electron chi connectivity index (χ2n) is 6.21. The normalized spacial score (nSPS) is 33.9. The first kappa shape index (κ1) is 10.6. The second-order valence-corrected chi connectivity index (χ2v) is 6.21. The van der Waals surface area contributed by atoms with Crippen molar-refractivity contribution < 1.29 is 4.79 Å². The summed E-state index contributed by atoms with van der Waals surface area (Å²) < 4.78 is 0. The molecule has 3 rings (SSSR count). The van der Waals surface area contributed by atoms with Gasteiger partial charge < -0.3 is 4.90 Å². The average Bonchev–Trinajstić information content (AvgIpc) is 3.10. The summed E-state index contributed by atoms with van der Waals surface area (Å²) in [7, 11) is 0. The third-order valence-corrected chi connectivity index (χ3v) is 4.49. The van der Waals surface area contributed by atoms with Crippen molar-refractivity contribution in [3.8, 4) is 0 Å². The summed E-state index contributed by atoms with van der Waals surface area (Å²) >= 11 is 0. The Labute approximate surface area is 97.6 Å². The Morgan fingerprint density at radius 3 is 2.38 bits per heavy atom. The zero-order valence-corrected chi connectivity index (χ0v) is 10.5. The van der Waals surface area contributed by atoms with E-state index in [0.29, 0.717) is 17.9 Å². The molecule has 1 spiro atoms. The minimum atomic E-state index is -0.141. The first-order chi connectivity index (χ1) is 7.55. The summed E-state index contributed by atoms with van der Waals surface area (Å²) in [5.41, 5.74) is -0.141. The van der Waals surface area contributed by atoms with Crippen LogP contribution in [0.15, 0.2) is 0 Å². The Balaban J connectivity index is 1.84. The molecule has 1 aliphatic heterocycles. The van der Waals surface area contributed by atoms with Gasteiger partial charge in [-0.3, -0.25) is 10.1 Å². The van der Waals surface area contributed by atoms with Crippen molar-refractivity contribution in [2.45, 2.75) is 64.2 Å². The molecule has 90 valence electrons. The van der Waals surface area contributed by atoms with Crippen molar-refractivity contribution in [3.63, 3.8) is 0 Å². The molecule has 1 heterocycles. The molecule has 2 saturated carbocycles. The number of carbonyl (C=O) groups excluding carboxylic acids is 1. The van der Waals surface area contributed by atoms with Gasteiger partial charge in [-0.05, 0) is 44.4 Å². The highest BCUT2D eigenvalue weighted by Crippen LogP contribution is 2.46. The van der Waals surface area contributed by atoms with Crippen LogP contribution in [0, 0.1) is 11.8 Å². The number of hydrogen-bond acceptors (Lipinski definition) is 2. The smallest absolute Gasteiger partial charge is 0.244 e. The molecule has 2 atom stereocenters. The van der Waals surface area contributed by atoms with Crippen molar-refractivity contribution in [1.29, 1.82) is 0 Å². The minimum Gasteiger partial charge on any atom is -0.322 e. The number of nitrogens with zero attached hydrogens (tertiary/aromatic N) is 1. The monoisotopic (exact) mass is 222 g/mol. The maximum absolute atomic E-state index is 12.4. The van der Waals surface area contributed by atoms with E-state index in [9.17, 15) is 4.79 Å². The molecule has 0 aromatic heterocycles. The van der Waals surface area contributed by atoms with Crippen molar-refractivity contribution in [2.24, 2.45) is 11.8 Å². The van der Waals surface area contributed by atoms with Gasteiger partial charge >= 0.3 is 0 Å². The van der Waals surface area contributed by atoms with Gasteiger partial charge in [0.1, 0.15) is 0 Å². The number of nitrogens with one attached hydrogen (secondary N) is 1. The van der Waals surface area contributed by atoms with Crippen molar-refractivity contribution >= 4 is 5.91 Å². The fourth-order valence-corrected chi connectivity index (χ4v) is 3.00. The Morgan fingerprint density at radius 2 is 1.94 bits per heavy atom. The van der Waals surface area contributed by atoms with E-state index in [4.69, 9.17) is 0 Å². The van der Waals surface area contributed by atoms with Gasteiger partial charge in [0.2, 0.25) is 5.91 Å². The molecule has 16 heavy (non-hydrogen) atoms. The number of hydrogen-bond donors (Lipinski definition) is 1. The summed E-state index contributed by atoms with van der Waals surface area (Å²) in [4.78, 5) is 14.6. The van der Waals surface area contributed by atoms with Crippen LogP contribution in [0.4, 0.5) is 0 Å². The van der Waals surface area contributed by atoms with Crippen molar-refractivity contribution in [1.82, 2.24) is 10.2 Å². The molecule has 3 fully saturated rings. The van der Waals surface area contributed by atoms with Gasteiger partial charge in [0.15, 0.2) is 0 Å². The SMILES string of the molecule is CC(C)C1NC2(CC2)C(=O)N1C(C)C1CC1. The van der Waals surface area contributed by atoms with Crippen molar-refractivity contribution in [3.05, 3.63) is 0 Å². The Hall–Kier alpha value is -0.570. The minimum absolute atomic E-state index is 0.141. The number of rotatable bonds is 3.